The molecule has 28 heavy (non-hydrogen) atoms. The second-order valence-electron chi connectivity index (χ2n) is 7.10. The molecule has 156 valence electrons. The Hall–Kier alpha value is -1.61. The molecule has 1 atom stereocenters. The van der Waals surface area contributed by atoms with Gasteiger partial charge < -0.3 is 15.6 Å². The third-order valence-electron chi connectivity index (χ3n) is 5.39. The fraction of sp³-hybridized carbons (Fsp3) is 0.526. The van der Waals surface area contributed by atoms with Gasteiger partial charge in [0.15, 0.2) is 0 Å². The standard InChI is InChI=1S/C19H28N4O3S.ClH/c1-14-19(16-8-3-4-9-17(16)22(14)2)27(25,26)23-12-6-5-7-15(23)13-21-18(24)10-11-20;/h3-4,8-9,15H,5-7,10-13,20H2,1-2H3,(H,21,24);1H. The third kappa shape index (κ3) is 4.20. The number of aromatic nitrogens is 1. The summed E-state index contributed by atoms with van der Waals surface area (Å²) < 4.78 is 30.7. The second kappa shape index (κ2) is 9.26. The van der Waals surface area contributed by atoms with E-state index in [9.17, 15) is 13.2 Å². The lowest BCUT2D eigenvalue weighted by molar-refractivity contribution is -0.121. The number of para-hydroxylation sites is 1. The first kappa shape index (κ1) is 22.7. The van der Waals surface area contributed by atoms with Crippen LogP contribution in [0.4, 0.5) is 0 Å². The molecular formula is C19H29ClN4O3S. The van der Waals surface area contributed by atoms with Gasteiger partial charge in [-0.3, -0.25) is 4.79 Å². The first-order valence-electron chi connectivity index (χ1n) is 9.40. The Kier molecular flexibility index (Phi) is 7.50. The van der Waals surface area contributed by atoms with Crippen molar-refractivity contribution in [3.8, 4) is 0 Å². The molecule has 1 saturated heterocycles. The van der Waals surface area contributed by atoms with Crippen LogP contribution < -0.4 is 11.1 Å². The number of nitrogens with one attached hydrogen (secondary N) is 1. The van der Waals surface area contributed by atoms with E-state index >= 15 is 0 Å². The fourth-order valence-corrected chi connectivity index (χ4v) is 6.01. The summed E-state index contributed by atoms with van der Waals surface area (Å²) in [6.45, 7) is 2.92. The van der Waals surface area contributed by atoms with E-state index in [-0.39, 0.29) is 37.3 Å². The van der Waals surface area contributed by atoms with Crippen molar-refractivity contribution in [1.82, 2.24) is 14.2 Å². The number of carbonyl (C=O) groups excluding carboxylic acids is 1. The number of piperidine rings is 1. The van der Waals surface area contributed by atoms with Gasteiger partial charge in [-0.25, -0.2) is 8.42 Å². The van der Waals surface area contributed by atoms with Crippen molar-refractivity contribution in [2.75, 3.05) is 19.6 Å². The number of aryl methyl sites for hydroxylation is 1. The maximum Gasteiger partial charge on any atom is 0.245 e. The molecule has 1 aromatic heterocycles. The predicted octanol–water partition coefficient (Wildman–Crippen LogP) is 1.92. The summed E-state index contributed by atoms with van der Waals surface area (Å²) in [5, 5.41) is 3.58. The topological polar surface area (TPSA) is 97.4 Å². The number of nitrogens with zero attached hydrogens (tertiary/aromatic N) is 2. The zero-order valence-electron chi connectivity index (χ0n) is 16.3. The van der Waals surface area contributed by atoms with Gasteiger partial charge in [0.25, 0.3) is 0 Å². The lowest BCUT2D eigenvalue weighted by Crippen LogP contribution is -2.49. The fourth-order valence-electron chi connectivity index (χ4n) is 3.87. The van der Waals surface area contributed by atoms with Crippen molar-refractivity contribution in [2.24, 2.45) is 12.8 Å². The van der Waals surface area contributed by atoms with Crippen LogP contribution in [0.3, 0.4) is 0 Å². The molecule has 7 nitrogen and oxygen atoms in total. The van der Waals surface area contributed by atoms with E-state index in [2.05, 4.69) is 5.32 Å². The van der Waals surface area contributed by atoms with E-state index < -0.39 is 10.0 Å². The van der Waals surface area contributed by atoms with Gasteiger partial charge in [0.05, 0.1) is 0 Å². The smallest absolute Gasteiger partial charge is 0.245 e. The van der Waals surface area contributed by atoms with Crippen LogP contribution in [0.1, 0.15) is 31.4 Å². The first-order valence-corrected chi connectivity index (χ1v) is 10.8. The summed E-state index contributed by atoms with van der Waals surface area (Å²) in [7, 11) is -1.78. The molecule has 1 aliphatic rings. The highest BCUT2D eigenvalue weighted by atomic mass is 35.5. The highest BCUT2D eigenvalue weighted by molar-refractivity contribution is 7.89. The molecule has 1 aliphatic heterocycles. The van der Waals surface area contributed by atoms with Crippen LogP contribution in [0.5, 0.6) is 0 Å². The normalized spacial score (nSPS) is 18.0. The molecule has 2 aromatic rings. The number of halogens is 1. The number of rotatable bonds is 6. The first-order chi connectivity index (χ1) is 12.9. The van der Waals surface area contributed by atoms with E-state index in [1.807, 2.05) is 42.8 Å². The molecule has 9 heteroatoms. The van der Waals surface area contributed by atoms with Crippen LogP contribution in [0.2, 0.25) is 0 Å². The van der Waals surface area contributed by atoms with Crippen LogP contribution in [-0.2, 0) is 21.9 Å². The minimum Gasteiger partial charge on any atom is -0.354 e. The van der Waals surface area contributed by atoms with Gasteiger partial charge in [-0.2, -0.15) is 4.31 Å². The summed E-state index contributed by atoms with van der Waals surface area (Å²) in [5.74, 6) is -0.137. The number of sulfonamides is 1. The van der Waals surface area contributed by atoms with Crippen molar-refractivity contribution < 1.29 is 13.2 Å². The minimum atomic E-state index is -3.67. The maximum absolute atomic E-state index is 13.6. The largest absolute Gasteiger partial charge is 0.354 e. The van der Waals surface area contributed by atoms with E-state index in [0.29, 0.717) is 18.0 Å². The number of benzene rings is 1. The van der Waals surface area contributed by atoms with Gasteiger partial charge in [-0.1, -0.05) is 24.6 Å². The third-order valence-corrected chi connectivity index (χ3v) is 7.52. The molecule has 1 unspecified atom stereocenters. The molecule has 0 bridgehead atoms. The van der Waals surface area contributed by atoms with Crippen LogP contribution in [0.25, 0.3) is 10.9 Å². The Morgan fingerprint density at radius 2 is 2.00 bits per heavy atom. The van der Waals surface area contributed by atoms with E-state index in [1.165, 1.54) is 0 Å². The van der Waals surface area contributed by atoms with Gasteiger partial charge in [0.2, 0.25) is 15.9 Å². The molecule has 3 rings (SSSR count). The van der Waals surface area contributed by atoms with Gasteiger partial charge in [0.1, 0.15) is 4.90 Å². The zero-order chi connectivity index (χ0) is 19.6. The van der Waals surface area contributed by atoms with Crippen molar-refractivity contribution in [3.63, 3.8) is 0 Å². The number of fused-ring (bicyclic) bond motifs is 1. The summed E-state index contributed by atoms with van der Waals surface area (Å²) in [6.07, 6.45) is 2.78. The van der Waals surface area contributed by atoms with Gasteiger partial charge in [-0.05, 0) is 25.8 Å². The Balaban J connectivity index is 0.00000280. The Bertz CT molecular complexity index is 942. The Labute approximate surface area is 172 Å². The summed E-state index contributed by atoms with van der Waals surface area (Å²) in [6, 6.07) is 7.33. The number of amides is 1. The van der Waals surface area contributed by atoms with Crippen molar-refractivity contribution in [2.45, 2.75) is 43.5 Å². The minimum absolute atomic E-state index is 0. The lowest BCUT2D eigenvalue weighted by Gasteiger charge is -2.34. The lowest BCUT2D eigenvalue weighted by atomic mass is 10.1. The van der Waals surface area contributed by atoms with Gasteiger partial charge in [0, 0.05) is 55.7 Å². The van der Waals surface area contributed by atoms with Crippen LogP contribution in [0.15, 0.2) is 29.2 Å². The van der Waals surface area contributed by atoms with Crippen molar-refractivity contribution in [3.05, 3.63) is 30.0 Å². The molecule has 1 amide bonds. The molecule has 3 N–H and O–H groups in total. The van der Waals surface area contributed by atoms with Gasteiger partial charge >= 0.3 is 0 Å². The molecule has 1 fully saturated rings. The summed E-state index contributed by atoms with van der Waals surface area (Å²) >= 11 is 0. The maximum atomic E-state index is 13.6. The number of hydrogen-bond acceptors (Lipinski definition) is 4. The zero-order valence-corrected chi connectivity index (χ0v) is 18.0. The summed E-state index contributed by atoms with van der Waals surface area (Å²) in [4.78, 5) is 12.2. The SMILES string of the molecule is Cc1c(S(=O)(=O)N2CCCCC2CNC(=O)CCN)c2ccccc2n1C.Cl. The number of nitrogens with two attached hydrogens (primary N) is 1. The quantitative estimate of drug-likeness (QED) is 0.734. The molecule has 0 spiro atoms. The summed E-state index contributed by atoms with van der Waals surface area (Å²) in [5.41, 5.74) is 7.04. The average Bonchev–Trinajstić information content (AvgIpc) is 2.92. The molecule has 2 heterocycles. The molecule has 1 aromatic carbocycles. The predicted molar refractivity (Wildman–Crippen MR) is 113 cm³/mol. The number of hydrogen-bond donors (Lipinski definition) is 2. The highest BCUT2D eigenvalue weighted by Gasteiger charge is 2.36. The van der Waals surface area contributed by atoms with E-state index in [4.69, 9.17) is 5.73 Å². The van der Waals surface area contributed by atoms with Crippen molar-refractivity contribution in [1.29, 1.82) is 0 Å². The van der Waals surface area contributed by atoms with E-state index in [0.717, 1.165) is 35.9 Å². The van der Waals surface area contributed by atoms with Crippen LogP contribution in [-0.4, -0.2) is 48.9 Å². The Morgan fingerprint density at radius 1 is 1.29 bits per heavy atom. The second-order valence-corrected chi connectivity index (χ2v) is 8.93. The highest BCUT2D eigenvalue weighted by Crippen LogP contribution is 2.33. The monoisotopic (exact) mass is 428 g/mol. The van der Waals surface area contributed by atoms with Crippen molar-refractivity contribution >= 4 is 39.2 Å². The average molecular weight is 429 g/mol. The van der Waals surface area contributed by atoms with Crippen LogP contribution in [0, 0.1) is 6.92 Å². The molecule has 0 radical (unpaired) electrons. The number of carbonyl (C=O) groups is 1. The van der Waals surface area contributed by atoms with Gasteiger partial charge in [-0.15, -0.1) is 12.4 Å². The van der Waals surface area contributed by atoms with E-state index in [1.54, 1.807) is 4.31 Å². The molecular weight excluding hydrogens is 400 g/mol. The Morgan fingerprint density at radius 3 is 2.71 bits per heavy atom. The van der Waals surface area contributed by atoms with Crippen LogP contribution >= 0.6 is 12.4 Å². The molecule has 0 saturated carbocycles. The molecule has 0 aliphatic carbocycles.